The number of aliphatic hydroxyl groups is 1. The van der Waals surface area contributed by atoms with Gasteiger partial charge < -0.3 is 19.5 Å². The van der Waals surface area contributed by atoms with Crippen molar-refractivity contribution in [3.8, 4) is 0 Å². The predicted octanol–water partition coefficient (Wildman–Crippen LogP) is 5.51. The minimum Gasteiger partial charge on any atom is -0.459 e. The van der Waals surface area contributed by atoms with Gasteiger partial charge in [0.05, 0.1) is 13.2 Å². The lowest BCUT2D eigenvalue weighted by Crippen LogP contribution is -2.38. The maximum absolute atomic E-state index is 13.4. The molecule has 0 radical (unpaired) electrons. The maximum atomic E-state index is 13.4. The van der Waals surface area contributed by atoms with Crippen LogP contribution in [0.25, 0.3) is 0 Å². The third-order valence-electron chi connectivity index (χ3n) is 6.35. The molecule has 2 aliphatic heterocycles. The molecular weight excluding hydrogens is 529 g/mol. The van der Waals surface area contributed by atoms with Crippen molar-refractivity contribution in [3.63, 3.8) is 0 Å². The van der Waals surface area contributed by atoms with Crippen molar-refractivity contribution in [2.45, 2.75) is 63.9 Å². The Balaban J connectivity index is 1.50. The van der Waals surface area contributed by atoms with Crippen LogP contribution in [0.15, 0.2) is 60.4 Å². The summed E-state index contributed by atoms with van der Waals surface area (Å²) in [5.41, 5.74) is 3.04. The van der Waals surface area contributed by atoms with E-state index in [0.717, 1.165) is 42.6 Å². The zero-order chi connectivity index (χ0) is 23.0. The average molecular weight is 561 g/mol. The molecule has 1 amide bonds. The van der Waals surface area contributed by atoms with Gasteiger partial charge in [0.25, 0.3) is 5.91 Å². The Hall–Kier alpha value is -1.90. The summed E-state index contributed by atoms with van der Waals surface area (Å²) in [6.45, 7) is 1.99. The second-order valence-electron chi connectivity index (χ2n) is 8.82. The van der Waals surface area contributed by atoms with Crippen LogP contribution in [0.4, 0.5) is 0 Å². The summed E-state index contributed by atoms with van der Waals surface area (Å²) >= 11 is 2.31. The van der Waals surface area contributed by atoms with Gasteiger partial charge in [0.1, 0.15) is 0 Å². The van der Waals surface area contributed by atoms with Gasteiger partial charge in [0.15, 0.2) is 5.76 Å². The molecule has 0 aliphatic carbocycles. The number of rotatable bonds is 6. The second-order valence-corrected chi connectivity index (χ2v) is 10.1. The fourth-order valence-corrected chi connectivity index (χ4v) is 4.75. The summed E-state index contributed by atoms with van der Waals surface area (Å²) in [5.74, 6) is 0.449. The summed E-state index contributed by atoms with van der Waals surface area (Å²) in [5, 5.41) is 9.24. The fraction of sp³-hybridized carbons (Fsp3) is 0.444. The lowest BCUT2D eigenvalue weighted by Gasteiger charge is -2.32. The molecule has 1 N–H and O–H groups in total. The van der Waals surface area contributed by atoms with Gasteiger partial charge in [0.2, 0.25) is 6.29 Å². The first-order valence-electron chi connectivity index (χ1n) is 11.9. The smallest absolute Gasteiger partial charge is 0.288 e. The van der Waals surface area contributed by atoms with E-state index in [0.29, 0.717) is 18.8 Å². The van der Waals surface area contributed by atoms with Crippen LogP contribution in [-0.4, -0.2) is 35.3 Å². The normalized spacial score (nSPS) is 21.5. The number of benzene rings is 2. The summed E-state index contributed by atoms with van der Waals surface area (Å²) in [6, 6.07) is 16.1. The molecule has 6 heteroatoms. The Morgan fingerprint density at radius 1 is 0.970 bits per heavy atom. The minimum atomic E-state index is -0.495. The van der Waals surface area contributed by atoms with Crippen LogP contribution in [0, 0.1) is 3.57 Å². The molecule has 0 bridgehead atoms. The van der Waals surface area contributed by atoms with Crippen LogP contribution in [0.1, 0.15) is 61.1 Å². The summed E-state index contributed by atoms with van der Waals surface area (Å²) in [6.07, 6.45) is 7.85. The van der Waals surface area contributed by atoms with Crippen molar-refractivity contribution in [2.75, 3.05) is 13.1 Å². The Morgan fingerprint density at radius 3 is 2.27 bits per heavy atom. The second kappa shape index (κ2) is 12.0. The summed E-state index contributed by atoms with van der Waals surface area (Å²) in [4.78, 5) is 15.3. The molecule has 2 heterocycles. The first kappa shape index (κ1) is 24.2. The highest BCUT2D eigenvalue weighted by molar-refractivity contribution is 14.1. The first-order chi connectivity index (χ1) is 16.1. The molecule has 0 spiro atoms. The van der Waals surface area contributed by atoms with Gasteiger partial charge in [-0.1, -0.05) is 55.7 Å². The highest BCUT2D eigenvalue weighted by Gasteiger charge is 2.31. The van der Waals surface area contributed by atoms with Crippen molar-refractivity contribution in [2.24, 2.45) is 0 Å². The van der Waals surface area contributed by atoms with Crippen LogP contribution in [0.5, 0.6) is 0 Å². The molecule has 2 aliphatic rings. The molecule has 5 nitrogen and oxygen atoms in total. The fourth-order valence-electron chi connectivity index (χ4n) is 4.39. The molecular formula is C27H32INO4. The molecule has 1 fully saturated rings. The van der Waals surface area contributed by atoms with Crippen LogP contribution in [0.3, 0.4) is 0 Å². The topological polar surface area (TPSA) is 59.0 Å². The molecule has 176 valence electrons. The molecule has 1 saturated heterocycles. The quantitative estimate of drug-likeness (QED) is 0.473. The number of likely N-dealkylation sites (tertiary alicyclic amines) is 1. The lowest BCUT2D eigenvalue weighted by molar-refractivity contribution is -0.156. The number of hydrogen-bond acceptors (Lipinski definition) is 4. The van der Waals surface area contributed by atoms with Crippen LogP contribution in [0.2, 0.25) is 0 Å². The average Bonchev–Trinajstić information content (AvgIpc) is 2.83. The monoisotopic (exact) mass is 561 g/mol. The van der Waals surface area contributed by atoms with E-state index >= 15 is 0 Å². The summed E-state index contributed by atoms with van der Waals surface area (Å²) in [7, 11) is 0. The standard InChI is InChI=1S/C27H32INO4/c28-24-12-10-22(11-13-24)23-16-25(27(31)29-14-4-2-1-3-5-15-29)33-26(17-23)32-19-21-8-6-20(18-30)7-9-21/h6-13,16,23,26,30H,1-5,14-15,17-19H2/t23-,26+/m1/s1. The third kappa shape index (κ3) is 6.80. The van der Waals surface area contributed by atoms with Crippen molar-refractivity contribution in [3.05, 3.63) is 80.6 Å². The molecule has 0 unspecified atom stereocenters. The van der Waals surface area contributed by atoms with Crippen molar-refractivity contribution < 1.29 is 19.4 Å². The van der Waals surface area contributed by atoms with Crippen LogP contribution in [-0.2, 0) is 27.5 Å². The van der Waals surface area contributed by atoms with Gasteiger partial charge in [-0.3, -0.25) is 4.79 Å². The first-order valence-corrected chi connectivity index (χ1v) is 12.9. The van der Waals surface area contributed by atoms with E-state index in [1.165, 1.54) is 22.8 Å². The van der Waals surface area contributed by atoms with E-state index in [1.54, 1.807) is 0 Å². The minimum absolute atomic E-state index is 0.0204. The Labute approximate surface area is 209 Å². The van der Waals surface area contributed by atoms with E-state index in [9.17, 15) is 9.90 Å². The van der Waals surface area contributed by atoms with Crippen LogP contribution >= 0.6 is 22.6 Å². The summed E-state index contributed by atoms with van der Waals surface area (Å²) < 4.78 is 13.4. The Kier molecular flexibility index (Phi) is 8.81. The van der Waals surface area contributed by atoms with Gasteiger partial charge in [-0.15, -0.1) is 0 Å². The molecule has 2 aromatic carbocycles. The number of amides is 1. The molecule has 33 heavy (non-hydrogen) atoms. The Morgan fingerprint density at radius 2 is 1.61 bits per heavy atom. The van der Waals surface area contributed by atoms with E-state index in [2.05, 4.69) is 46.9 Å². The van der Waals surface area contributed by atoms with Gasteiger partial charge in [-0.05, 0) is 70.3 Å². The third-order valence-corrected chi connectivity index (χ3v) is 7.07. The van der Waals surface area contributed by atoms with Crippen molar-refractivity contribution in [1.29, 1.82) is 0 Å². The van der Waals surface area contributed by atoms with Gasteiger partial charge in [0, 0.05) is 29.0 Å². The van der Waals surface area contributed by atoms with Crippen molar-refractivity contribution >= 4 is 28.5 Å². The molecule has 0 saturated carbocycles. The number of hydrogen-bond donors (Lipinski definition) is 1. The van der Waals surface area contributed by atoms with Crippen molar-refractivity contribution in [1.82, 2.24) is 4.90 Å². The SMILES string of the molecule is O=C(C1=C[C@@H](c2ccc(I)cc2)C[C@@H](OCc2ccc(CO)cc2)O1)N1CCCCCCC1. The maximum Gasteiger partial charge on any atom is 0.288 e. The number of allylic oxidation sites excluding steroid dienone is 1. The number of carbonyl (C=O) groups is 1. The lowest BCUT2D eigenvalue weighted by atomic mass is 9.93. The van der Waals surface area contributed by atoms with E-state index in [4.69, 9.17) is 9.47 Å². The highest BCUT2D eigenvalue weighted by atomic mass is 127. The van der Waals surface area contributed by atoms with Gasteiger partial charge in [-0.2, -0.15) is 0 Å². The van der Waals surface area contributed by atoms with E-state index in [-0.39, 0.29) is 18.4 Å². The number of carbonyl (C=O) groups excluding carboxylic acids is 1. The Bertz CT molecular complexity index is 934. The van der Waals surface area contributed by atoms with Crippen LogP contribution < -0.4 is 0 Å². The zero-order valence-electron chi connectivity index (χ0n) is 18.9. The van der Waals surface area contributed by atoms with E-state index < -0.39 is 6.29 Å². The number of aliphatic hydroxyl groups excluding tert-OH is 1. The predicted molar refractivity (Wildman–Crippen MR) is 136 cm³/mol. The molecule has 2 atom stereocenters. The van der Waals surface area contributed by atoms with Gasteiger partial charge >= 0.3 is 0 Å². The number of ether oxygens (including phenoxy) is 2. The molecule has 0 aromatic heterocycles. The highest BCUT2D eigenvalue weighted by Crippen LogP contribution is 2.33. The number of halogens is 1. The van der Waals surface area contributed by atoms with E-state index in [1.807, 2.05) is 35.2 Å². The number of nitrogens with zero attached hydrogens (tertiary/aromatic N) is 1. The molecule has 4 rings (SSSR count). The van der Waals surface area contributed by atoms with Gasteiger partial charge in [-0.25, -0.2) is 0 Å². The molecule has 2 aromatic rings. The largest absolute Gasteiger partial charge is 0.459 e. The zero-order valence-corrected chi connectivity index (χ0v) is 21.1.